The van der Waals surface area contributed by atoms with Crippen LogP contribution in [0, 0.1) is 5.41 Å². The Morgan fingerprint density at radius 3 is 2.38 bits per heavy atom. The number of nitrogens with one attached hydrogen (secondary N) is 1. The van der Waals surface area contributed by atoms with Crippen molar-refractivity contribution in [3.8, 4) is 28.6 Å². The minimum atomic E-state index is -1.90. The van der Waals surface area contributed by atoms with Crippen molar-refractivity contribution in [2.45, 2.75) is 84.6 Å². The predicted octanol–water partition coefficient (Wildman–Crippen LogP) is 5.91. The molecule has 5 aromatic rings. The summed E-state index contributed by atoms with van der Waals surface area (Å²) in [4.78, 5) is 50.9. The summed E-state index contributed by atoms with van der Waals surface area (Å²) in [6.45, 7) is 13.7. The number of amides is 1. The number of rotatable bonds is 13. The molecular formula is C49H58N8O8. The van der Waals surface area contributed by atoms with Gasteiger partial charge in [-0.2, -0.15) is 0 Å². The van der Waals surface area contributed by atoms with Crippen molar-refractivity contribution < 1.29 is 34.4 Å². The fourth-order valence-corrected chi connectivity index (χ4v) is 9.26. The second-order valence-corrected chi connectivity index (χ2v) is 17.6. The molecular weight excluding hydrogens is 829 g/mol. The maximum absolute atomic E-state index is 13.7. The number of pyridine rings is 2. The molecule has 8 rings (SSSR count). The number of aliphatic hydroxyl groups is 1. The average Bonchev–Trinajstić information content (AvgIpc) is 3.66. The van der Waals surface area contributed by atoms with E-state index >= 15 is 0 Å². The van der Waals surface area contributed by atoms with E-state index in [1.54, 1.807) is 41.6 Å². The number of unbranched alkanes of at least 4 members (excludes halogenated alkanes) is 1. The molecule has 0 aliphatic carbocycles. The van der Waals surface area contributed by atoms with Gasteiger partial charge >= 0.3 is 12.1 Å². The first-order chi connectivity index (χ1) is 31.1. The third-order valence-corrected chi connectivity index (χ3v) is 13.2. The minimum Gasteiger partial charge on any atom is -0.508 e. The highest BCUT2D eigenvalue weighted by molar-refractivity contribution is 6.09. The molecule has 342 valence electrons. The number of anilines is 1. The van der Waals surface area contributed by atoms with Gasteiger partial charge in [0.05, 0.1) is 40.3 Å². The molecule has 1 amide bonds. The Bertz CT molecular complexity index is 2730. The molecule has 16 nitrogen and oxygen atoms in total. The lowest BCUT2D eigenvalue weighted by Crippen LogP contribution is -2.46. The number of phenolic OH excluding ortho intramolecular Hbond substituents is 2. The van der Waals surface area contributed by atoms with Gasteiger partial charge in [-0.3, -0.25) is 20.1 Å². The molecule has 1 atom stereocenters. The summed E-state index contributed by atoms with van der Waals surface area (Å²) < 4.78 is 12.7. The Labute approximate surface area is 377 Å². The zero-order valence-corrected chi connectivity index (χ0v) is 37.7. The number of nitrogens with zero attached hydrogens (tertiary/aromatic N) is 6. The molecule has 1 saturated heterocycles. The van der Waals surface area contributed by atoms with Crippen molar-refractivity contribution in [3.63, 3.8) is 0 Å². The molecule has 5 heterocycles. The first kappa shape index (κ1) is 45.2. The fraction of sp³-hybridized carbons (Fsp3) is 0.408. The second kappa shape index (κ2) is 18.3. The molecule has 3 aliphatic heterocycles. The van der Waals surface area contributed by atoms with E-state index in [1.165, 1.54) is 11.1 Å². The highest BCUT2D eigenvalue weighted by Crippen LogP contribution is 2.41. The number of hydrogen-bond donors (Lipinski definition) is 5. The third kappa shape index (κ3) is 8.66. The summed E-state index contributed by atoms with van der Waals surface area (Å²) in [7, 11) is 1.74. The van der Waals surface area contributed by atoms with Crippen LogP contribution in [0.4, 0.5) is 10.5 Å². The molecule has 1 unspecified atom stereocenters. The van der Waals surface area contributed by atoms with Crippen LogP contribution in [0.3, 0.4) is 0 Å². The Hall–Kier alpha value is -6.33. The first-order valence-electron chi connectivity index (χ1n) is 22.4. The molecule has 0 spiro atoms. The molecule has 2 aromatic heterocycles. The molecule has 0 bridgehead atoms. The number of benzene rings is 3. The van der Waals surface area contributed by atoms with E-state index in [0.717, 1.165) is 74.2 Å². The van der Waals surface area contributed by atoms with Crippen LogP contribution in [0.2, 0.25) is 0 Å². The van der Waals surface area contributed by atoms with Crippen molar-refractivity contribution in [1.29, 1.82) is 5.41 Å². The Morgan fingerprint density at radius 2 is 1.69 bits per heavy atom. The highest BCUT2D eigenvalue weighted by atomic mass is 16.6. The van der Waals surface area contributed by atoms with E-state index in [9.17, 15) is 29.7 Å². The standard InChI is InChI=1S/C49H58N8O8/c1-6-33-35-22-32(14-15-40(35)52-44-37(33)27-56-41(44)24-39-38(46(56)60)28-64-47(61)49(39,63)7-2)65-48(62)53(5)16-8-9-17-54-18-20-55(21-19-54)26-30-10-12-31(13-11-30)57(51)45(50)36-23-34(29(3)4)42(58)25-43(36)59/h10-15,22-25,29,50,58-59,63H,6-9,16-21,26-28,51H2,1-5H3. The normalized spacial score (nSPS) is 17.1. The van der Waals surface area contributed by atoms with Gasteiger partial charge in [0.15, 0.2) is 11.4 Å². The van der Waals surface area contributed by atoms with Crippen LogP contribution in [-0.4, -0.2) is 104 Å². The van der Waals surface area contributed by atoms with E-state index in [1.807, 2.05) is 57.2 Å². The van der Waals surface area contributed by atoms with E-state index in [0.29, 0.717) is 53.4 Å². The lowest BCUT2D eigenvalue weighted by molar-refractivity contribution is -0.172. The number of aromatic hydroxyl groups is 2. The lowest BCUT2D eigenvalue weighted by atomic mass is 9.86. The van der Waals surface area contributed by atoms with Gasteiger partial charge in [0.25, 0.3) is 5.56 Å². The average molecular weight is 887 g/mol. The van der Waals surface area contributed by atoms with Crippen molar-refractivity contribution in [3.05, 3.63) is 110 Å². The van der Waals surface area contributed by atoms with E-state index in [2.05, 4.69) is 9.80 Å². The number of amidine groups is 1. The number of esters is 1. The summed E-state index contributed by atoms with van der Waals surface area (Å²) in [5, 5.41) is 42.6. The SMILES string of the molecule is CCc1c2c(nc3ccc(OC(=O)N(C)CCCCN4CCN(Cc5ccc(N(N)C(=N)c6cc(C(C)C)c(O)cc6O)cc5)CC4)cc13)-c1cc3c(c(=O)n1C2)COC(=O)C3(O)CC. The number of piperazine rings is 1. The van der Waals surface area contributed by atoms with Crippen molar-refractivity contribution in [2.75, 3.05) is 51.3 Å². The third-order valence-electron chi connectivity index (χ3n) is 13.2. The maximum atomic E-state index is 13.7. The number of cyclic esters (lactones) is 1. The number of fused-ring (bicyclic) bond motifs is 5. The van der Waals surface area contributed by atoms with Gasteiger partial charge in [-0.1, -0.05) is 39.8 Å². The van der Waals surface area contributed by atoms with Crippen LogP contribution in [0.25, 0.3) is 22.3 Å². The van der Waals surface area contributed by atoms with Gasteiger partial charge in [0.2, 0.25) is 0 Å². The summed E-state index contributed by atoms with van der Waals surface area (Å²) in [6, 6.07) is 17.7. The molecule has 16 heteroatoms. The number of carbonyl (C=O) groups is 2. The summed E-state index contributed by atoms with van der Waals surface area (Å²) in [5.74, 6) is 5.67. The number of aromatic nitrogens is 2. The van der Waals surface area contributed by atoms with Crippen molar-refractivity contribution in [1.82, 2.24) is 24.3 Å². The fourth-order valence-electron chi connectivity index (χ4n) is 9.26. The topological polar surface area (TPSA) is 211 Å². The number of nitrogens with two attached hydrogens (primary N) is 1. The van der Waals surface area contributed by atoms with Crippen molar-refractivity contribution in [2.24, 2.45) is 5.84 Å². The number of ether oxygens (including phenoxy) is 2. The van der Waals surface area contributed by atoms with Crippen LogP contribution in [0.1, 0.15) is 91.8 Å². The number of aryl methyl sites for hydroxylation is 1. The van der Waals surface area contributed by atoms with Crippen LogP contribution in [0.15, 0.2) is 65.5 Å². The quantitative estimate of drug-likeness (QED) is 0.0228. The molecule has 0 saturated carbocycles. The number of hydrogen-bond acceptors (Lipinski definition) is 13. The molecule has 1 fully saturated rings. The molecule has 3 aromatic carbocycles. The van der Waals surface area contributed by atoms with Crippen molar-refractivity contribution >= 4 is 34.5 Å². The Kier molecular flexibility index (Phi) is 12.7. The first-order valence-corrected chi connectivity index (χ1v) is 22.4. The monoisotopic (exact) mass is 886 g/mol. The predicted molar refractivity (Wildman–Crippen MR) is 247 cm³/mol. The van der Waals surface area contributed by atoms with Gasteiger partial charge in [-0.15, -0.1) is 0 Å². The van der Waals surface area contributed by atoms with Crippen LogP contribution in [-0.2, 0) is 41.2 Å². The molecule has 3 aliphatic rings. The van der Waals surface area contributed by atoms with Gasteiger partial charge in [-0.05, 0) is 97.3 Å². The maximum Gasteiger partial charge on any atom is 0.414 e. The van der Waals surface area contributed by atoms with E-state index in [-0.39, 0.29) is 58.5 Å². The summed E-state index contributed by atoms with van der Waals surface area (Å²) >= 11 is 0. The zero-order chi connectivity index (χ0) is 46.3. The van der Waals surface area contributed by atoms with Gasteiger partial charge in [-0.25, -0.2) is 20.4 Å². The summed E-state index contributed by atoms with van der Waals surface area (Å²) in [6.07, 6.45) is 2.03. The lowest BCUT2D eigenvalue weighted by Gasteiger charge is -2.34. The molecule has 65 heavy (non-hydrogen) atoms. The number of hydrazine groups is 1. The van der Waals surface area contributed by atoms with Crippen LogP contribution in [0.5, 0.6) is 17.2 Å². The highest BCUT2D eigenvalue weighted by Gasteiger charge is 2.45. The van der Waals surface area contributed by atoms with E-state index in [4.69, 9.17) is 25.7 Å². The number of phenols is 2. The van der Waals surface area contributed by atoms with Crippen LogP contribution < -0.4 is 21.1 Å². The van der Waals surface area contributed by atoms with Gasteiger partial charge in [0, 0.05) is 68.9 Å². The second-order valence-electron chi connectivity index (χ2n) is 17.6. The Balaban J connectivity index is 0.802. The smallest absolute Gasteiger partial charge is 0.414 e. The number of carbonyl (C=O) groups excluding carboxylic acids is 2. The molecule has 0 radical (unpaired) electrons. The van der Waals surface area contributed by atoms with Gasteiger partial charge < -0.3 is 39.2 Å². The zero-order valence-electron chi connectivity index (χ0n) is 37.7. The largest absolute Gasteiger partial charge is 0.508 e. The van der Waals surface area contributed by atoms with Gasteiger partial charge in [0.1, 0.15) is 23.9 Å². The molecule has 6 N–H and O–H groups in total. The van der Waals surface area contributed by atoms with E-state index < -0.39 is 17.7 Å². The minimum absolute atomic E-state index is 0.00673. The van der Waals surface area contributed by atoms with Crippen LogP contribution >= 0.6 is 0 Å². The Morgan fingerprint density at radius 1 is 0.969 bits per heavy atom. The summed E-state index contributed by atoms with van der Waals surface area (Å²) in [5.41, 5.74) is 4.70.